The van der Waals surface area contributed by atoms with E-state index < -0.39 is 0 Å². The molecular formula is C14H23NO. The van der Waals surface area contributed by atoms with Crippen LogP contribution in [0, 0.1) is 5.92 Å². The number of aliphatic hydroxyl groups is 1. The molecule has 16 heavy (non-hydrogen) atoms. The fourth-order valence-corrected chi connectivity index (χ4v) is 1.98. The zero-order valence-electron chi connectivity index (χ0n) is 10.8. The van der Waals surface area contributed by atoms with Crippen molar-refractivity contribution in [3.8, 4) is 0 Å². The van der Waals surface area contributed by atoms with Crippen molar-refractivity contribution in [1.29, 1.82) is 0 Å². The number of para-hydroxylation sites is 1. The SMILES string of the molecule is CC[C@@H](O)c1ccccc1N(C)CC(C)C. The average Bonchev–Trinajstić information content (AvgIpc) is 2.27. The van der Waals surface area contributed by atoms with E-state index in [1.807, 2.05) is 25.1 Å². The van der Waals surface area contributed by atoms with Crippen molar-refractivity contribution in [2.75, 3.05) is 18.5 Å². The van der Waals surface area contributed by atoms with Gasteiger partial charge in [-0.1, -0.05) is 39.0 Å². The Balaban J connectivity index is 2.93. The molecule has 0 spiro atoms. The van der Waals surface area contributed by atoms with Crippen LogP contribution in [0.4, 0.5) is 5.69 Å². The van der Waals surface area contributed by atoms with Gasteiger partial charge in [-0.05, 0) is 18.4 Å². The third-order valence-corrected chi connectivity index (χ3v) is 2.73. The Labute approximate surface area is 98.9 Å². The highest BCUT2D eigenvalue weighted by Gasteiger charge is 2.13. The summed E-state index contributed by atoms with van der Waals surface area (Å²) in [6.07, 6.45) is 0.401. The average molecular weight is 221 g/mol. The molecule has 0 fully saturated rings. The van der Waals surface area contributed by atoms with E-state index in [-0.39, 0.29) is 6.10 Å². The predicted molar refractivity (Wildman–Crippen MR) is 69.8 cm³/mol. The van der Waals surface area contributed by atoms with Gasteiger partial charge in [0.15, 0.2) is 0 Å². The maximum absolute atomic E-state index is 9.97. The highest BCUT2D eigenvalue weighted by Crippen LogP contribution is 2.27. The summed E-state index contributed by atoms with van der Waals surface area (Å²) >= 11 is 0. The van der Waals surface area contributed by atoms with Gasteiger partial charge >= 0.3 is 0 Å². The Bertz CT molecular complexity index is 322. The third-order valence-electron chi connectivity index (χ3n) is 2.73. The summed E-state index contributed by atoms with van der Waals surface area (Å²) in [7, 11) is 2.08. The molecule has 0 bridgehead atoms. The highest BCUT2D eigenvalue weighted by atomic mass is 16.3. The number of hydrogen-bond acceptors (Lipinski definition) is 2. The minimum atomic E-state index is -0.356. The number of rotatable bonds is 5. The first-order chi connectivity index (χ1) is 7.56. The van der Waals surface area contributed by atoms with Crippen molar-refractivity contribution in [3.63, 3.8) is 0 Å². The molecule has 1 N–H and O–H groups in total. The minimum Gasteiger partial charge on any atom is -0.388 e. The largest absolute Gasteiger partial charge is 0.388 e. The Morgan fingerprint density at radius 2 is 1.88 bits per heavy atom. The van der Waals surface area contributed by atoms with E-state index in [0.29, 0.717) is 5.92 Å². The van der Waals surface area contributed by atoms with E-state index in [2.05, 4.69) is 31.9 Å². The molecule has 90 valence electrons. The molecule has 1 rings (SSSR count). The summed E-state index contributed by atoms with van der Waals surface area (Å²) in [5, 5.41) is 9.97. The number of anilines is 1. The van der Waals surface area contributed by atoms with E-state index in [9.17, 15) is 5.11 Å². The predicted octanol–water partition coefficient (Wildman–Crippen LogP) is 3.22. The van der Waals surface area contributed by atoms with E-state index in [1.165, 1.54) is 0 Å². The minimum absolute atomic E-state index is 0.356. The van der Waals surface area contributed by atoms with Crippen molar-refractivity contribution in [2.24, 2.45) is 5.92 Å². The molecule has 0 saturated carbocycles. The van der Waals surface area contributed by atoms with Crippen molar-refractivity contribution >= 4 is 5.69 Å². The molecule has 0 unspecified atom stereocenters. The lowest BCUT2D eigenvalue weighted by Gasteiger charge is -2.25. The van der Waals surface area contributed by atoms with Gasteiger partial charge in [0.05, 0.1) is 6.10 Å². The van der Waals surface area contributed by atoms with E-state index >= 15 is 0 Å². The van der Waals surface area contributed by atoms with Crippen LogP contribution in [0.15, 0.2) is 24.3 Å². The summed E-state index contributed by atoms with van der Waals surface area (Å²) in [4.78, 5) is 2.22. The zero-order chi connectivity index (χ0) is 12.1. The van der Waals surface area contributed by atoms with Gasteiger partial charge < -0.3 is 10.0 Å². The van der Waals surface area contributed by atoms with E-state index in [1.54, 1.807) is 0 Å². The molecule has 0 aliphatic rings. The molecule has 0 aromatic heterocycles. The van der Waals surface area contributed by atoms with Crippen molar-refractivity contribution in [2.45, 2.75) is 33.3 Å². The van der Waals surface area contributed by atoms with Crippen LogP contribution >= 0.6 is 0 Å². The summed E-state index contributed by atoms with van der Waals surface area (Å²) in [5.41, 5.74) is 2.18. The highest BCUT2D eigenvalue weighted by molar-refractivity contribution is 5.54. The Hall–Kier alpha value is -1.02. The molecule has 1 atom stereocenters. The molecule has 0 amide bonds. The Morgan fingerprint density at radius 1 is 1.25 bits per heavy atom. The van der Waals surface area contributed by atoms with E-state index in [4.69, 9.17) is 0 Å². The smallest absolute Gasteiger partial charge is 0.0807 e. The van der Waals surface area contributed by atoms with Crippen LogP contribution in [0.2, 0.25) is 0 Å². The quantitative estimate of drug-likeness (QED) is 0.825. The molecular weight excluding hydrogens is 198 g/mol. The molecule has 0 radical (unpaired) electrons. The van der Waals surface area contributed by atoms with Gasteiger partial charge in [0, 0.05) is 24.8 Å². The first-order valence-corrected chi connectivity index (χ1v) is 6.04. The van der Waals surface area contributed by atoms with Gasteiger partial charge in [-0.25, -0.2) is 0 Å². The number of aliphatic hydroxyl groups excluding tert-OH is 1. The summed E-state index contributed by atoms with van der Waals surface area (Å²) < 4.78 is 0. The van der Waals surface area contributed by atoms with E-state index in [0.717, 1.165) is 24.2 Å². The van der Waals surface area contributed by atoms with Crippen molar-refractivity contribution < 1.29 is 5.11 Å². The summed E-state index contributed by atoms with van der Waals surface area (Å²) in [5.74, 6) is 0.622. The number of nitrogens with zero attached hydrogens (tertiary/aromatic N) is 1. The monoisotopic (exact) mass is 221 g/mol. The van der Waals surface area contributed by atoms with Gasteiger partial charge in [-0.2, -0.15) is 0 Å². The fraction of sp³-hybridized carbons (Fsp3) is 0.571. The first kappa shape index (κ1) is 13.0. The van der Waals surface area contributed by atoms with Crippen molar-refractivity contribution in [1.82, 2.24) is 0 Å². The molecule has 2 heteroatoms. The molecule has 0 aliphatic heterocycles. The topological polar surface area (TPSA) is 23.5 Å². The number of hydrogen-bond donors (Lipinski definition) is 1. The van der Waals surface area contributed by atoms with Gasteiger partial charge in [0.2, 0.25) is 0 Å². The zero-order valence-corrected chi connectivity index (χ0v) is 10.8. The van der Waals surface area contributed by atoms with Crippen LogP contribution in [0.25, 0.3) is 0 Å². The maximum atomic E-state index is 9.97. The normalized spacial score (nSPS) is 12.9. The van der Waals surface area contributed by atoms with Crippen LogP contribution in [-0.4, -0.2) is 18.7 Å². The number of benzene rings is 1. The lowest BCUT2D eigenvalue weighted by atomic mass is 10.0. The van der Waals surface area contributed by atoms with Crippen LogP contribution in [0.1, 0.15) is 38.9 Å². The molecule has 0 aliphatic carbocycles. The maximum Gasteiger partial charge on any atom is 0.0807 e. The second-order valence-corrected chi connectivity index (χ2v) is 4.76. The van der Waals surface area contributed by atoms with Gasteiger partial charge in [0.25, 0.3) is 0 Å². The second-order valence-electron chi connectivity index (χ2n) is 4.76. The van der Waals surface area contributed by atoms with Gasteiger partial charge in [-0.3, -0.25) is 0 Å². The lowest BCUT2D eigenvalue weighted by molar-refractivity contribution is 0.174. The molecule has 0 saturated heterocycles. The van der Waals surface area contributed by atoms with Crippen LogP contribution in [0.5, 0.6) is 0 Å². The lowest BCUT2D eigenvalue weighted by Crippen LogP contribution is -2.24. The molecule has 1 aromatic rings. The standard InChI is InChI=1S/C14H23NO/c1-5-14(16)12-8-6-7-9-13(12)15(4)10-11(2)3/h6-9,11,14,16H,5,10H2,1-4H3/t14-/m1/s1. The first-order valence-electron chi connectivity index (χ1n) is 6.04. The van der Waals surface area contributed by atoms with Gasteiger partial charge in [-0.15, -0.1) is 0 Å². The second kappa shape index (κ2) is 5.90. The van der Waals surface area contributed by atoms with Crippen LogP contribution in [-0.2, 0) is 0 Å². The summed E-state index contributed by atoms with van der Waals surface area (Å²) in [6.45, 7) is 7.42. The van der Waals surface area contributed by atoms with Crippen LogP contribution < -0.4 is 4.90 Å². The molecule has 2 nitrogen and oxygen atoms in total. The van der Waals surface area contributed by atoms with Gasteiger partial charge in [0.1, 0.15) is 0 Å². The van der Waals surface area contributed by atoms with Crippen molar-refractivity contribution in [3.05, 3.63) is 29.8 Å². The third kappa shape index (κ3) is 3.24. The Morgan fingerprint density at radius 3 is 2.44 bits per heavy atom. The molecule has 0 heterocycles. The summed E-state index contributed by atoms with van der Waals surface area (Å²) in [6, 6.07) is 8.11. The van der Waals surface area contributed by atoms with Crippen LogP contribution in [0.3, 0.4) is 0 Å². The fourth-order valence-electron chi connectivity index (χ4n) is 1.98. The Kier molecular flexibility index (Phi) is 4.81. The molecule has 1 aromatic carbocycles.